The van der Waals surface area contributed by atoms with E-state index in [1.807, 2.05) is 7.05 Å². The summed E-state index contributed by atoms with van der Waals surface area (Å²) in [4.78, 5) is 0. The van der Waals surface area contributed by atoms with Gasteiger partial charge in [0.15, 0.2) is 0 Å². The topological polar surface area (TPSA) is 12.0 Å². The molecule has 0 fully saturated rings. The zero-order valence-corrected chi connectivity index (χ0v) is 13.1. The molecule has 1 unspecified atom stereocenters. The molecule has 0 aliphatic carbocycles. The van der Waals surface area contributed by atoms with Crippen LogP contribution in [0.15, 0.2) is 24.3 Å². The highest BCUT2D eigenvalue weighted by Gasteiger charge is 2.30. The van der Waals surface area contributed by atoms with Gasteiger partial charge in [-0.3, -0.25) is 0 Å². The Hall–Kier alpha value is -1.03. The van der Waals surface area contributed by atoms with E-state index in [2.05, 4.69) is 19.2 Å². The van der Waals surface area contributed by atoms with Gasteiger partial charge in [-0.2, -0.15) is 13.2 Å². The summed E-state index contributed by atoms with van der Waals surface area (Å²) in [5.74, 6) is 0.576. The minimum Gasteiger partial charge on any atom is -0.316 e. The summed E-state index contributed by atoms with van der Waals surface area (Å²) >= 11 is 0. The van der Waals surface area contributed by atoms with Crippen molar-refractivity contribution in [3.05, 3.63) is 35.4 Å². The third kappa shape index (κ3) is 5.70. The van der Waals surface area contributed by atoms with Crippen molar-refractivity contribution < 1.29 is 13.2 Å². The van der Waals surface area contributed by atoms with Gasteiger partial charge in [-0.05, 0) is 49.9 Å². The third-order valence-electron chi connectivity index (χ3n) is 4.00. The first-order chi connectivity index (χ1) is 9.92. The van der Waals surface area contributed by atoms with Crippen LogP contribution < -0.4 is 5.32 Å². The zero-order chi connectivity index (χ0) is 15.9. The molecule has 0 bridgehead atoms. The highest BCUT2D eigenvalue weighted by molar-refractivity contribution is 5.25. The van der Waals surface area contributed by atoms with Crippen LogP contribution in [0.1, 0.15) is 50.7 Å². The van der Waals surface area contributed by atoms with Crippen LogP contribution in [0.4, 0.5) is 13.2 Å². The van der Waals surface area contributed by atoms with Crippen LogP contribution in [0.3, 0.4) is 0 Å². The van der Waals surface area contributed by atoms with Crippen molar-refractivity contribution in [2.24, 2.45) is 5.92 Å². The summed E-state index contributed by atoms with van der Waals surface area (Å²) in [6, 6.07) is 5.87. The summed E-state index contributed by atoms with van der Waals surface area (Å²) < 4.78 is 37.7. The van der Waals surface area contributed by atoms with E-state index in [9.17, 15) is 13.2 Å². The van der Waals surface area contributed by atoms with Crippen LogP contribution in [0.25, 0.3) is 0 Å². The van der Waals surface area contributed by atoms with Crippen molar-refractivity contribution in [2.45, 2.75) is 58.2 Å². The number of rotatable bonds is 8. The number of hydrogen-bond acceptors (Lipinski definition) is 1. The Bertz CT molecular complexity index is 391. The zero-order valence-electron chi connectivity index (χ0n) is 13.1. The van der Waals surface area contributed by atoms with E-state index in [4.69, 9.17) is 0 Å². The Labute approximate surface area is 125 Å². The summed E-state index contributed by atoms with van der Waals surface area (Å²) in [5.41, 5.74) is 0.380. The molecule has 21 heavy (non-hydrogen) atoms. The summed E-state index contributed by atoms with van der Waals surface area (Å²) in [6.45, 7) is 4.35. The highest BCUT2D eigenvalue weighted by atomic mass is 19.4. The fourth-order valence-corrected chi connectivity index (χ4v) is 2.88. The van der Waals surface area contributed by atoms with Gasteiger partial charge in [-0.25, -0.2) is 0 Å². The third-order valence-corrected chi connectivity index (χ3v) is 4.00. The largest absolute Gasteiger partial charge is 0.416 e. The second-order valence-electron chi connectivity index (χ2n) is 5.63. The van der Waals surface area contributed by atoms with Crippen LogP contribution in [-0.2, 0) is 12.6 Å². The molecule has 1 aromatic carbocycles. The molecule has 0 spiro atoms. The predicted octanol–water partition coefficient (Wildman–Crippen LogP) is 5.05. The van der Waals surface area contributed by atoms with E-state index in [1.54, 1.807) is 12.1 Å². The number of nitrogens with one attached hydrogen (secondary N) is 1. The fraction of sp³-hybridized carbons (Fsp3) is 0.647. The quantitative estimate of drug-likeness (QED) is 0.708. The number of hydrogen-bond donors (Lipinski definition) is 1. The minimum atomic E-state index is -4.26. The molecular weight excluding hydrogens is 275 g/mol. The molecule has 0 aliphatic rings. The first kappa shape index (κ1) is 18.0. The van der Waals surface area contributed by atoms with Crippen LogP contribution in [-0.4, -0.2) is 13.1 Å². The molecule has 0 radical (unpaired) electrons. The van der Waals surface area contributed by atoms with E-state index in [0.29, 0.717) is 12.0 Å². The van der Waals surface area contributed by atoms with E-state index in [-0.39, 0.29) is 0 Å². The van der Waals surface area contributed by atoms with Crippen molar-refractivity contribution in [3.63, 3.8) is 0 Å². The lowest BCUT2D eigenvalue weighted by atomic mass is 9.86. The molecule has 120 valence electrons. The Morgan fingerprint density at radius 3 is 1.90 bits per heavy atom. The van der Waals surface area contributed by atoms with Crippen LogP contribution in [0, 0.1) is 5.92 Å². The lowest BCUT2D eigenvalue weighted by molar-refractivity contribution is -0.137. The normalized spacial score (nSPS) is 13.7. The molecule has 0 saturated heterocycles. The van der Waals surface area contributed by atoms with Crippen molar-refractivity contribution >= 4 is 0 Å². The van der Waals surface area contributed by atoms with Gasteiger partial charge in [0.1, 0.15) is 0 Å². The van der Waals surface area contributed by atoms with Gasteiger partial charge in [0.2, 0.25) is 0 Å². The first-order valence-corrected chi connectivity index (χ1v) is 7.75. The number of halogens is 3. The smallest absolute Gasteiger partial charge is 0.316 e. The summed E-state index contributed by atoms with van der Waals surface area (Å²) in [7, 11) is 1.94. The lowest BCUT2D eigenvalue weighted by Crippen LogP contribution is -2.35. The van der Waals surface area contributed by atoms with E-state index < -0.39 is 11.7 Å². The fourth-order valence-electron chi connectivity index (χ4n) is 2.88. The molecule has 0 amide bonds. The molecule has 0 saturated carbocycles. The number of alkyl halides is 3. The predicted molar refractivity (Wildman–Crippen MR) is 81.3 cm³/mol. The van der Waals surface area contributed by atoms with Crippen LogP contribution in [0.5, 0.6) is 0 Å². The van der Waals surface area contributed by atoms with E-state index >= 15 is 0 Å². The van der Waals surface area contributed by atoms with Gasteiger partial charge in [0.25, 0.3) is 0 Å². The van der Waals surface area contributed by atoms with Crippen LogP contribution in [0.2, 0.25) is 0 Å². The van der Waals surface area contributed by atoms with Gasteiger partial charge in [-0.15, -0.1) is 0 Å². The average molecular weight is 301 g/mol. The maximum absolute atomic E-state index is 12.6. The molecule has 1 atom stereocenters. The van der Waals surface area contributed by atoms with E-state index in [1.165, 1.54) is 12.1 Å². The molecule has 4 heteroatoms. The second kappa shape index (κ2) is 8.42. The molecular formula is C17H26F3N. The van der Waals surface area contributed by atoms with Crippen molar-refractivity contribution in [1.29, 1.82) is 0 Å². The molecule has 0 aliphatic heterocycles. The van der Waals surface area contributed by atoms with Crippen molar-refractivity contribution in [3.8, 4) is 0 Å². The van der Waals surface area contributed by atoms with E-state index in [0.717, 1.165) is 37.7 Å². The Balaban J connectivity index is 2.76. The monoisotopic (exact) mass is 301 g/mol. The Kier molecular flexibility index (Phi) is 7.23. The molecule has 0 heterocycles. The lowest BCUT2D eigenvalue weighted by Gasteiger charge is -2.26. The summed E-state index contributed by atoms with van der Waals surface area (Å²) in [6.07, 6.45) is 1.10. The van der Waals surface area contributed by atoms with Gasteiger partial charge < -0.3 is 5.32 Å². The second-order valence-corrected chi connectivity index (χ2v) is 5.63. The average Bonchev–Trinajstić information content (AvgIpc) is 2.44. The SMILES string of the molecule is CCCC(CCC)C(Cc1ccc(C(F)(F)F)cc1)NC. The maximum atomic E-state index is 12.6. The molecule has 1 aromatic rings. The Morgan fingerprint density at radius 2 is 1.52 bits per heavy atom. The molecule has 1 rings (SSSR count). The van der Waals surface area contributed by atoms with Crippen molar-refractivity contribution in [1.82, 2.24) is 5.32 Å². The molecule has 1 N–H and O–H groups in total. The van der Waals surface area contributed by atoms with Crippen LogP contribution >= 0.6 is 0 Å². The Morgan fingerprint density at radius 1 is 1.00 bits per heavy atom. The first-order valence-electron chi connectivity index (χ1n) is 7.75. The van der Waals surface area contributed by atoms with Gasteiger partial charge >= 0.3 is 6.18 Å². The van der Waals surface area contributed by atoms with Gasteiger partial charge in [0, 0.05) is 6.04 Å². The standard InChI is InChI=1S/C17H26F3N/c1-4-6-14(7-5-2)16(21-3)12-13-8-10-15(11-9-13)17(18,19)20/h8-11,14,16,21H,4-7,12H2,1-3H3. The highest BCUT2D eigenvalue weighted by Crippen LogP contribution is 2.29. The molecule has 1 nitrogen and oxygen atoms in total. The number of likely N-dealkylation sites (N-methyl/N-ethyl adjacent to an activating group) is 1. The van der Waals surface area contributed by atoms with Gasteiger partial charge in [-0.1, -0.05) is 38.8 Å². The molecule has 0 aromatic heterocycles. The number of benzene rings is 1. The maximum Gasteiger partial charge on any atom is 0.416 e. The minimum absolute atomic E-state index is 0.321. The van der Waals surface area contributed by atoms with Gasteiger partial charge in [0.05, 0.1) is 5.56 Å². The summed E-state index contributed by atoms with van der Waals surface area (Å²) in [5, 5.41) is 3.34. The van der Waals surface area contributed by atoms with Crippen molar-refractivity contribution in [2.75, 3.05) is 7.05 Å².